The Morgan fingerprint density at radius 3 is 2.45 bits per heavy atom. The molecule has 1 aliphatic carbocycles. The van der Waals surface area contributed by atoms with Gasteiger partial charge >= 0.3 is 12.2 Å². The maximum atomic E-state index is 13.3. The molecule has 3 aromatic rings. The normalized spacial score (nSPS) is 17.0. The number of para-hydroxylation sites is 1. The summed E-state index contributed by atoms with van der Waals surface area (Å²) in [6, 6.07) is 4.50. The molecule has 0 bridgehead atoms. The van der Waals surface area contributed by atoms with E-state index >= 15 is 0 Å². The number of urea groups is 1. The van der Waals surface area contributed by atoms with Crippen LogP contribution in [0.3, 0.4) is 0 Å². The minimum Gasteiger partial charge on any atom is -0.352 e. The van der Waals surface area contributed by atoms with Crippen molar-refractivity contribution in [3.05, 3.63) is 46.1 Å². The monoisotopic (exact) mass is 475 g/mol. The van der Waals surface area contributed by atoms with E-state index < -0.39 is 17.8 Å². The molecule has 1 N–H and O–H groups in total. The van der Waals surface area contributed by atoms with E-state index in [4.69, 9.17) is 9.97 Å². The zero-order valence-electron chi connectivity index (χ0n) is 18.4. The molecule has 2 aromatic heterocycles. The lowest BCUT2D eigenvalue weighted by Gasteiger charge is -2.36. The van der Waals surface area contributed by atoms with E-state index in [1.165, 1.54) is 28.6 Å². The first kappa shape index (κ1) is 21.9. The van der Waals surface area contributed by atoms with Crippen LogP contribution in [0, 0.1) is 13.8 Å². The summed E-state index contributed by atoms with van der Waals surface area (Å²) in [5, 5.41) is 3.51. The van der Waals surface area contributed by atoms with E-state index in [1.54, 1.807) is 16.2 Å². The summed E-state index contributed by atoms with van der Waals surface area (Å²) >= 11 is 1.68. The number of rotatable bonds is 3. The summed E-state index contributed by atoms with van der Waals surface area (Å²) in [5.41, 5.74) is 0.0981. The van der Waals surface area contributed by atoms with E-state index in [2.05, 4.69) is 24.1 Å². The van der Waals surface area contributed by atoms with Gasteiger partial charge in [0.15, 0.2) is 0 Å². The second-order valence-electron chi connectivity index (χ2n) is 8.59. The fourth-order valence-electron chi connectivity index (χ4n) is 4.15. The first-order valence-corrected chi connectivity index (χ1v) is 11.8. The molecule has 2 aliphatic rings. The van der Waals surface area contributed by atoms with Crippen LogP contribution in [-0.2, 0) is 6.18 Å². The van der Waals surface area contributed by atoms with Gasteiger partial charge in [-0.1, -0.05) is 12.1 Å². The van der Waals surface area contributed by atoms with Crippen LogP contribution in [0.2, 0.25) is 0 Å². The molecule has 33 heavy (non-hydrogen) atoms. The van der Waals surface area contributed by atoms with Gasteiger partial charge in [0.25, 0.3) is 0 Å². The van der Waals surface area contributed by atoms with E-state index in [9.17, 15) is 18.0 Å². The molecule has 3 heterocycles. The van der Waals surface area contributed by atoms with E-state index in [0.29, 0.717) is 32.1 Å². The van der Waals surface area contributed by atoms with Crippen molar-refractivity contribution in [1.29, 1.82) is 0 Å². The van der Waals surface area contributed by atoms with Crippen molar-refractivity contribution < 1.29 is 18.0 Å². The maximum Gasteiger partial charge on any atom is 0.418 e. The number of benzene rings is 1. The number of anilines is 2. The van der Waals surface area contributed by atoms with Gasteiger partial charge in [-0.15, -0.1) is 11.3 Å². The van der Waals surface area contributed by atoms with Crippen LogP contribution in [0.25, 0.3) is 10.2 Å². The highest BCUT2D eigenvalue weighted by Crippen LogP contribution is 2.42. The molecule has 2 amide bonds. The minimum atomic E-state index is -4.53. The van der Waals surface area contributed by atoms with Crippen LogP contribution in [-0.4, -0.2) is 47.1 Å². The van der Waals surface area contributed by atoms with Crippen molar-refractivity contribution in [1.82, 2.24) is 14.9 Å². The standard InChI is InChI=1S/C23H24F3N5OS/c1-13-14(2)33-21-18(13)20(28-19(29-21)15-7-8-15)30-9-11-31(12-10-30)22(32)27-17-6-4-3-5-16(17)23(24,25)26/h3-6,15H,7-12H2,1-2H3,(H,27,32). The van der Waals surface area contributed by atoms with Crippen LogP contribution < -0.4 is 10.2 Å². The number of aromatic nitrogens is 2. The van der Waals surface area contributed by atoms with Crippen LogP contribution >= 0.6 is 11.3 Å². The lowest BCUT2D eigenvalue weighted by atomic mass is 10.1. The number of hydrogen-bond donors (Lipinski definition) is 1. The molecule has 5 rings (SSSR count). The molecule has 6 nitrogen and oxygen atoms in total. The quantitative estimate of drug-likeness (QED) is 0.539. The molecular weight excluding hydrogens is 451 g/mol. The second-order valence-corrected chi connectivity index (χ2v) is 9.79. The summed E-state index contributed by atoms with van der Waals surface area (Å²) in [5.74, 6) is 2.23. The highest BCUT2D eigenvalue weighted by molar-refractivity contribution is 7.18. The third-order valence-electron chi connectivity index (χ3n) is 6.31. The van der Waals surface area contributed by atoms with Gasteiger partial charge in [-0.3, -0.25) is 0 Å². The first-order chi connectivity index (χ1) is 15.7. The molecule has 0 radical (unpaired) electrons. The highest BCUT2D eigenvalue weighted by Gasteiger charge is 2.34. The summed E-state index contributed by atoms with van der Waals surface area (Å²) in [7, 11) is 0. The fourth-order valence-corrected chi connectivity index (χ4v) is 5.18. The Balaban J connectivity index is 1.33. The molecule has 1 aromatic carbocycles. The number of hydrogen-bond acceptors (Lipinski definition) is 5. The summed E-state index contributed by atoms with van der Waals surface area (Å²) in [4.78, 5) is 28.4. The predicted molar refractivity (Wildman–Crippen MR) is 123 cm³/mol. The van der Waals surface area contributed by atoms with E-state index in [-0.39, 0.29) is 5.69 Å². The molecule has 0 unspecified atom stereocenters. The van der Waals surface area contributed by atoms with Gasteiger partial charge in [0.1, 0.15) is 16.5 Å². The Kier molecular flexibility index (Phi) is 5.43. The van der Waals surface area contributed by atoms with Crippen molar-refractivity contribution >= 4 is 39.1 Å². The van der Waals surface area contributed by atoms with Crippen molar-refractivity contribution in [2.45, 2.75) is 38.8 Å². The fraction of sp³-hybridized carbons (Fsp3) is 0.435. The van der Waals surface area contributed by atoms with Crippen LogP contribution in [0.1, 0.15) is 40.6 Å². The highest BCUT2D eigenvalue weighted by atomic mass is 32.1. The van der Waals surface area contributed by atoms with E-state index in [0.717, 1.165) is 40.8 Å². The summed E-state index contributed by atoms with van der Waals surface area (Å²) < 4.78 is 39.8. The average molecular weight is 476 g/mol. The van der Waals surface area contributed by atoms with E-state index in [1.807, 2.05) is 0 Å². The average Bonchev–Trinajstić information content (AvgIpc) is 3.59. The van der Waals surface area contributed by atoms with Gasteiger partial charge < -0.3 is 15.1 Å². The van der Waals surface area contributed by atoms with Gasteiger partial charge in [-0.05, 0) is 44.4 Å². The molecule has 0 spiro atoms. The third kappa shape index (κ3) is 4.23. The molecule has 0 atom stereocenters. The Hall–Kier alpha value is -2.88. The van der Waals surface area contributed by atoms with Gasteiger partial charge in [0, 0.05) is 37.0 Å². The lowest BCUT2D eigenvalue weighted by Crippen LogP contribution is -2.50. The Bertz CT molecular complexity index is 1210. The molecule has 1 saturated heterocycles. The smallest absolute Gasteiger partial charge is 0.352 e. The molecule has 10 heteroatoms. The number of nitrogens with zero attached hydrogens (tertiary/aromatic N) is 4. The zero-order valence-corrected chi connectivity index (χ0v) is 19.2. The van der Waals surface area contributed by atoms with Crippen molar-refractivity contribution in [3.8, 4) is 0 Å². The SMILES string of the molecule is Cc1sc2nc(C3CC3)nc(N3CCN(C(=O)Nc4ccccc4C(F)(F)F)CC3)c2c1C. The van der Waals surface area contributed by atoms with Gasteiger partial charge in [0.05, 0.1) is 16.6 Å². The number of nitrogens with one attached hydrogen (secondary N) is 1. The second kappa shape index (κ2) is 8.16. The number of alkyl halides is 3. The maximum absolute atomic E-state index is 13.3. The van der Waals surface area contributed by atoms with Crippen molar-refractivity contribution in [2.24, 2.45) is 0 Å². The zero-order chi connectivity index (χ0) is 23.3. The van der Waals surface area contributed by atoms with Crippen molar-refractivity contribution in [3.63, 3.8) is 0 Å². The van der Waals surface area contributed by atoms with Gasteiger partial charge in [-0.25, -0.2) is 14.8 Å². The third-order valence-corrected chi connectivity index (χ3v) is 7.41. The number of aryl methyl sites for hydroxylation is 2. The number of amides is 2. The molecule has 174 valence electrons. The summed E-state index contributed by atoms with van der Waals surface area (Å²) in [6.07, 6.45) is -2.31. The molecular formula is C23H24F3N5OS. The molecule has 2 fully saturated rings. The Morgan fingerprint density at radius 2 is 1.79 bits per heavy atom. The topological polar surface area (TPSA) is 61.4 Å². The lowest BCUT2D eigenvalue weighted by molar-refractivity contribution is -0.136. The number of carbonyl (C=O) groups excluding carboxylic acids is 1. The van der Waals surface area contributed by atoms with Crippen LogP contribution in [0.15, 0.2) is 24.3 Å². The largest absolute Gasteiger partial charge is 0.418 e. The van der Waals surface area contributed by atoms with Crippen LogP contribution in [0.5, 0.6) is 0 Å². The first-order valence-electron chi connectivity index (χ1n) is 11.0. The molecule has 1 aliphatic heterocycles. The number of carbonyl (C=O) groups is 1. The predicted octanol–water partition coefficient (Wildman–Crippen LogP) is 5.56. The van der Waals surface area contributed by atoms with Gasteiger partial charge in [-0.2, -0.15) is 13.2 Å². The van der Waals surface area contributed by atoms with Crippen molar-refractivity contribution in [2.75, 3.05) is 36.4 Å². The number of halogens is 3. The number of thiophene rings is 1. The Morgan fingerprint density at radius 1 is 1.09 bits per heavy atom. The number of fused-ring (bicyclic) bond motifs is 1. The summed E-state index contributed by atoms with van der Waals surface area (Å²) in [6.45, 7) is 6.07. The van der Waals surface area contributed by atoms with Crippen LogP contribution in [0.4, 0.5) is 29.5 Å². The molecule has 1 saturated carbocycles. The number of piperazine rings is 1. The Labute approximate surface area is 193 Å². The minimum absolute atomic E-state index is 0.228. The van der Waals surface area contributed by atoms with Gasteiger partial charge in [0.2, 0.25) is 0 Å².